The molecule has 0 fully saturated rings. The number of likely N-dealkylation sites (N-methyl/N-ethyl adjacent to an activating group) is 1. The number of anilines is 3. The maximum absolute atomic E-state index is 6.81. The molecule has 0 amide bonds. The normalized spacial score (nSPS) is 18.1. The van der Waals surface area contributed by atoms with Crippen molar-refractivity contribution in [3.63, 3.8) is 0 Å². The zero-order valence-corrected chi connectivity index (χ0v) is 16.9. The number of H-pyrrole nitrogens is 1. The number of ether oxygens (including phenoxy) is 1. The van der Waals surface area contributed by atoms with Crippen LogP contribution in [0.5, 0.6) is 5.75 Å². The van der Waals surface area contributed by atoms with E-state index >= 15 is 0 Å². The maximum atomic E-state index is 6.81. The molecule has 1 atom stereocenters. The van der Waals surface area contributed by atoms with Gasteiger partial charge in [-0.15, -0.1) is 11.3 Å². The highest BCUT2D eigenvalue weighted by atomic mass is 32.1. The van der Waals surface area contributed by atoms with E-state index in [1.165, 1.54) is 0 Å². The molecule has 0 saturated carbocycles. The summed E-state index contributed by atoms with van der Waals surface area (Å²) in [6, 6.07) is 11.9. The molecular weight excluding hydrogens is 386 g/mol. The first-order valence-corrected chi connectivity index (χ1v) is 9.97. The van der Waals surface area contributed by atoms with Crippen molar-refractivity contribution in [2.75, 3.05) is 30.1 Å². The van der Waals surface area contributed by atoms with Crippen LogP contribution in [0.25, 0.3) is 20.8 Å². The molecule has 29 heavy (non-hydrogen) atoms. The van der Waals surface area contributed by atoms with E-state index < -0.39 is 5.79 Å². The van der Waals surface area contributed by atoms with Gasteiger partial charge in [-0.3, -0.25) is 10.8 Å². The molecule has 4 heterocycles. The lowest BCUT2D eigenvalue weighted by molar-refractivity contribution is 0.414. The number of nitrogen functional groups attached to an aromatic ring is 1. The molecule has 1 unspecified atom stereocenters. The fourth-order valence-electron chi connectivity index (χ4n) is 3.74. The van der Waals surface area contributed by atoms with E-state index in [9.17, 15) is 0 Å². The van der Waals surface area contributed by atoms with Crippen molar-refractivity contribution < 1.29 is 4.74 Å². The second-order valence-electron chi connectivity index (χ2n) is 7.15. The number of hydrogen-bond acceptors (Lipinski definition) is 8. The van der Waals surface area contributed by atoms with Crippen LogP contribution in [0.2, 0.25) is 0 Å². The molecule has 148 valence electrons. The topological polar surface area (TPSA) is 118 Å². The maximum Gasteiger partial charge on any atom is 0.168 e. The Morgan fingerprint density at radius 3 is 2.72 bits per heavy atom. The van der Waals surface area contributed by atoms with Gasteiger partial charge in [-0.25, -0.2) is 4.98 Å². The monoisotopic (exact) mass is 407 g/mol. The number of nitrogens with one attached hydrogen (secondary N) is 2. The van der Waals surface area contributed by atoms with E-state index in [1.807, 2.05) is 43.4 Å². The number of methoxy groups -OCH3 is 1. The molecule has 0 bridgehead atoms. The minimum atomic E-state index is -0.820. The van der Waals surface area contributed by atoms with Crippen LogP contribution in [0.15, 0.2) is 42.6 Å². The molecule has 8 nitrogen and oxygen atoms in total. The Labute approximate surface area is 171 Å². The Morgan fingerprint density at radius 1 is 1.24 bits per heavy atom. The summed E-state index contributed by atoms with van der Waals surface area (Å²) in [5, 5.41) is 10.5. The van der Waals surface area contributed by atoms with Gasteiger partial charge in [0.1, 0.15) is 17.3 Å². The average Bonchev–Trinajstić information content (AvgIpc) is 3.42. The number of rotatable bonds is 4. The molecule has 0 aliphatic carbocycles. The molecule has 0 radical (unpaired) electrons. The van der Waals surface area contributed by atoms with Crippen LogP contribution in [0.4, 0.5) is 17.2 Å². The van der Waals surface area contributed by atoms with E-state index in [4.69, 9.17) is 16.2 Å². The van der Waals surface area contributed by atoms with Gasteiger partial charge in [-0.05, 0) is 29.8 Å². The first-order valence-electron chi connectivity index (χ1n) is 9.15. The lowest BCUT2D eigenvalue weighted by atomic mass is 10.1. The molecule has 0 spiro atoms. The molecule has 1 aliphatic rings. The zero-order chi connectivity index (χ0) is 20.2. The third-order valence-electron chi connectivity index (χ3n) is 5.34. The van der Waals surface area contributed by atoms with Crippen molar-refractivity contribution in [3.8, 4) is 16.3 Å². The second kappa shape index (κ2) is 6.36. The fraction of sp³-hybridized carbons (Fsp3) is 0.200. The average molecular weight is 408 g/mol. The van der Waals surface area contributed by atoms with Gasteiger partial charge in [0.25, 0.3) is 0 Å². The Morgan fingerprint density at radius 2 is 2.03 bits per heavy atom. The van der Waals surface area contributed by atoms with Crippen molar-refractivity contribution in [1.29, 1.82) is 0 Å². The van der Waals surface area contributed by atoms with E-state index in [1.54, 1.807) is 24.6 Å². The van der Waals surface area contributed by atoms with Crippen LogP contribution in [-0.2, 0) is 6.42 Å². The number of pyridine rings is 1. The van der Waals surface area contributed by atoms with Crippen LogP contribution in [-0.4, -0.2) is 35.1 Å². The number of aromatic amines is 1. The Hall–Kier alpha value is -3.30. The quantitative estimate of drug-likeness (QED) is 0.411. The van der Waals surface area contributed by atoms with Crippen molar-refractivity contribution >= 4 is 38.7 Å². The summed E-state index contributed by atoms with van der Waals surface area (Å²) in [6.07, 6.45) is 2.32. The summed E-state index contributed by atoms with van der Waals surface area (Å²) in [7, 11) is 3.64. The lowest BCUT2D eigenvalue weighted by Crippen LogP contribution is -2.58. The Balaban J connectivity index is 1.56. The third kappa shape index (κ3) is 2.78. The molecule has 6 N–H and O–H groups in total. The third-order valence-corrected chi connectivity index (χ3v) is 6.50. The predicted molar refractivity (Wildman–Crippen MR) is 117 cm³/mol. The zero-order valence-electron chi connectivity index (χ0n) is 16.1. The van der Waals surface area contributed by atoms with Crippen LogP contribution in [0, 0.1) is 0 Å². The molecular formula is C20H21N7OS. The van der Waals surface area contributed by atoms with Crippen molar-refractivity contribution in [2.24, 2.45) is 5.73 Å². The summed E-state index contributed by atoms with van der Waals surface area (Å²) in [4.78, 5) is 7.71. The van der Waals surface area contributed by atoms with E-state index in [-0.39, 0.29) is 0 Å². The number of nitrogens with zero attached hydrogens (tertiary/aromatic N) is 3. The summed E-state index contributed by atoms with van der Waals surface area (Å²) >= 11 is 1.64. The van der Waals surface area contributed by atoms with Gasteiger partial charge in [0, 0.05) is 19.7 Å². The molecule has 5 rings (SSSR count). The molecule has 0 saturated heterocycles. The van der Waals surface area contributed by atoms with Crippen LogP contribution < -0.4 is 26.4 Å². The molecule has 3 aromatic heterocycles. The largest absolute Gasteiger partial charge is 0.497 e. The number of fused-ring (bicyclic) bond motifs is 3. The highest BCUT2D eigenvalue weighted by Gasteiger charge is 2.41. The summed E-state index contributed by atoms with van der Waals surface area (Å²) < 4.78 is 6.28. The summed E-state index contributed by atoms with van der Waals surface area (Å²) in [6.45, 7) is 0. The number of nitrogens with two attached hydrogens (primary N) is 2. The van der Waals surface area contributed by atoms with Gasteiger partial charge in [0.05, 0.1) is 33.6 Å². The summed E-state index contributed by atoms with van der Waals surface area (Å²) in [5.74, 6) is 0.436. The Kier molecular flexibility index (Phi) is 3.90. The van der Waals surface area contributed by atoms with E-state index in [2.05, 4.69) is 25.4 Å². The number of thiophene rings is 1. The van der Waals surface area contributed by atoms with Crippen molar-refractivity contribution in [3.05, 3.63) is 48.2 Å². The number of aromatic nitrogens is 3. The van der Waals surface area contributed by atoms with Crippen LogP contribution >= 0.6 is 11.3 Å². The van der Waals surface area contributed by atoms with Gasteiger partial charge in [0.15, 0.2) is 5.79 Å². The van der Waals surface area contributed by atoms with Gasteiger partial charge in [-0.1, -0.05) is 12.1 Å². The lowest BCUT2D eigenvalue weighted by Gasteiger charge is -2.34. The first kappa shape index (κ1) is 17.8. The Bertz CT molecular complexity index is 1190. The van der Waals surface area contributed by atoms with Crippen LogP contribution in [0.1, 0.15) is 5.56 Å². The highest BCUT2D eigenvalue weighted by molar-refractivity contribution is 7.22. The van der Waals surface area contributed by atoms with Gasteiger partial charge < -0.3 is 20.7 Å². The predicted octanol–water partition coefficient (Wildman–Crippen LogP) is 2.99. The highest BCUT2D eigenvalue weighted by Crippen LogP contribution is 2.49. The SMILES string of the molecule is COc1ccc(CC2(N)Nc3c(N)nc4cc(-c5ccn[nH]5)sc4c3N2C)cc1. The van der Waals surface area contributed by atoms with Crippen molar-refractivity contribution in [2.45, 2.75) is 12.2 Å². The van der Waals surface area contributed by atoms with E-state index in [0.717, 1.165) is 43.5 Å². The number of hydrogen-bond donors (Lipinski definition) is 4. The molecule has 4 aromatic rings. The smallest absolute Gasteiger partial charge is 0.168 e. The number of benzene rings is 1. The second-order valence-corrected chi connectivity index (χ2v) is 8.20. The van der Waals surface area contributed by atoms with Crippen LogP contribution in [0.3, 0.4) is 0 Å². The van der Waals surface area contributed by atoms with Gasteiger partial charge in [0.2, 0.25) is 0 Å². The minimum Gasteiger partial charge on any atom is -0.497 e. The standard InChI is InChI=1S/C20H21N7OS/c1-27-17-16(25-20(27,22)10-11-3-5-12(28-2)6-4-11)19(21)24-14-9-15(29-18(14)17)13-7-8-23-26-13/h3-9,25H,10,22H2,1-2H3,(H2,21,24)(H,23,26). The fourth-order valence-corrected chi connectivity index (χ4v) is 4.90. The summed E-state index contributed by atoms with van der Waals surface area (Å²) in [5.41, 5.74) is 17.7. The van der Waals surface area contributed by atoms with Gasteiger partial charge >= 0.3 is 0 Å². The molecule has 1 aromatic carbocycles. The molecule has 1 aliphatic heterocycles. The van der Waals surface area contributed by atoms with Gasteiger partial charge in [-0.2, -0.15) is 5.10 Å². The van der Waals surface area contributed by atoms with E-state index in [0.29, 0.717) is 12.2 Å². The van der Waals surface area contributed by atoms with Crippen molar-refractivity contribution in [1.82, 2.24) is 15.2 Å². The minimum absolute atomic E-state index is 0.440. The molecule has 9 heteroatoms. The first-order chi connectivity index (χ1) is 14.0.